The van der Waals surface area contributed by atoms with Crippen molar-refractivity contribution >= 4 is 11.6 Å². The number of ether oxygens (including phenoxy) is 1. The van der Waals surface area contributed by atoms with Crippen LogP contribution in [0.25, 0.3) is 0 Å². The molecule has 1 N–H and O–H groups in total. The Balaban J connectivity index is 1.93. The van der Waals surface area contributed by atoms with E-state index in [1.807, 2.05) is 51.1 Å². The molecule has 0 unspecified atom stereocenters. The molecular formula is C22H28N2O2. The summed E-state index contributed by atoms with van der Waals surface area (Å²) in [7, 11) is 0. The van der Waals surface area contributed by atoms with Crippen molar-refractivity contribution in [3.63, 3.8) is 0 Å². The van der Waals surface area contributed by atoms with Crippen molar-refractivity contribution in [1.82, 2.24) is 5.43 Å². The normalized spacial score (nSPS) is 12.0. The molecule has 138 valence electrons. The summed E-state index contributed by atoms with van der Waals surface area (Å²) in [6, 6.07) is 14.2. The van der Waals surface area contributed by atoms with Gasteiger partial charge in [-0.1, -0.05) is 57.2 Å². The minimum atomic E-state index is -0.281. The topological polar surface area (TPSA) is 50.7 Å². The van der Waals surface area contributed by atoms with Gasteiger partial charge < -0.3 is 4.74 Å². The van der Waals surface area contributed by atoms with Crippen LogP contribution in [-0.4, -0.2) is 18.2 Å². The number of hydrogen-bond donors (Lipinski definition) is 1. The molecule has 26 heavy (non-hydrogen) atoms. The van der Waals surface area contributed by atoms with E-state index in [0.717, 1.165) is 28.2 Å². The minimum absolute atomic E-state index is 0.0654. The maximum absolute atomic E-state index is 12.0. The van der Waals surface area contributed by atoms with E-state index < -0.39 is 0 Å². The first-order chi connectivity index (χ1) is 12.2. The first kappa shape index (κ1) is 19.7. The summed E-state index contributed by atoms with van der Waals surface area (Å²) in [6.45, 7) is 12.3. The highest BCUT2D eigenvalue weighted by molar-refractivity contribution is 5.99. The van der Waals surface area contributed by atoms with Crippen LogP contribution < -0.4 is 10.2 Å². The molecule has 4 heteroatoms. The Bertz CT molecular complexity index is 800. The lowest BCUT2D eigenvalue weighted by Crippen LogP contribution is -2.25. The van der Waals surface area contributed by atoms with E-state index in [-0.39, 0.29) is 17.9 Å². The summed E-state index contributed by atoms with van der Waals surface area (Å²) in [4.78, 5) is 12.0. The Labute approximate surface area is 156 Å². The third-order valence-corrected chi connectivity index (χ3v) is 4.22. The number of hydrazone groups is 1. The first-order valence-electron chi connectivity index (χ1n) is 8.81. The van der Waals surface area contributed by atoms with Crippen LogP contribution in [0.3, 0.4) is 0 Å². The molecule has 0 bridgehead atoms. The zero-order chi connectivity index (χ0) is 19.3. The number of benzene rings is 2. The van der Waals surface area contributed by atoms with Crippen molar-refractivity contribution in [2.75, 3.05) is 6.61 Å². The predicted molar refractivity (Wildman–Crippen MR) is 107 cm³/mol. The van der Waals surface area contributed by atoms with Crippen molar-refractivity contribution in [3.8, 4) is 5.75 Å². The third kappa shape index (κ3) is 5.45. The molecular weight excluding hydrogens is 324 g/mol. The van der Waals surface area contributed by atoms with Gasteiger partial charge in [0.1, 0.15) is 5.75 Å². The second-order valence-electron chi connectivity index (χ2n) is 7.62. The lowest BCUT2D eigenvalue weighted by atomic mass is 9.86. The third-order valence-electron chi connectivity index (χ3n) is 4.22. The monoisotopic (exact) mass is 352 g/mol. The van der Waals surface area contributed by atoms with Crippen molar-refractivity contribution in [1.29, 1.82) is 0 Å². The molecule has 2 aromatic carbocycles. The van der Waals surface area contributed by atoms with Gasteiger partial charge in [0.25, 0.3) is 5.91 Å². The van der Waals surface area contributed by atoms with E-state index in [2.05, 4.69) is 43.4 Å². The van der Waals surface area contributed by atoms with Gasteiger partial charge in [-0.25, -0.2) is 5.43 Å². The molecule has 0 saturated heterocycles. The zero-order valence-corrected chi connectivity index (χ0v) is 16.5. The molecule has 0 fully saturated rings. The SMILES string of the molecule is CC(=NNC(=O)COc1cc(C)ccc1C)c1ccc(C(C)(C)C)cc1. The lowest BCUT2D eigenvalue weighted by molar-refractivity contribution is -0.123. The van der Waals surface area contributed by atoms with Gasteiger partial charge in [0.05, 0.1) is 5.71 Å². The standard InChI is InChI=1S/C22H28N2O2/c1-15-7-8-16(2)20(13-15)26-14-21(25)24-23-17(3)18-9-11-19(12-10-18)22(4,5)6/h7-13H,14H2,1-6H3,(H,24,25). The van der Waals surface area contributed by atoms with Gasteiger partial charge in [-0.15, -0.1) is 0 Å². The van der Waals surface area contributed by atoms with Crippen molar-refractivity contribution in [3.05, 3.63) is 64.7 Å². The van der Waals surface area contributed by atoms with E-state index in [9.17, 15) is 4.79 Å². The number of aryl methyl sites for hydroxylation is 2. The smallest absolute Gasteiger partial charge is 0.277 e. The molecule has 4 nitrogen and oxygen atoms in total. The maximum atomic E-state index is 12.0. The fourth-order valence-electron chi connectivity index (χ4n) is 2.46. The Morgan fingerprint density at radius 1 is 1.08 bits per heavy atom. The highest BCUT2D eigenvalue weighted by atomic mass is 16.5. The van der Waals surface area contributed by atoms with E-state index in [0.29, 0.717) is 0 Å². The second-order valence-corrected chi connectivity index (χ2v) is 7.62. The summed E-state index contributed by atoms with van der Waals surface area (Å²) in [5, 5.41) is 4.18. The van der Waals surface area contributed by atoms with Crippen LogP contribution in [0.4, 0.5) is 0 Å². The van der Waals surface area contributed by atoms with Crippen LogP contribution in [0.5, 0.6) is 5.75 Å². The average molecular weight is 352 g/mol. The van der Waals surface area contributed by atoms with Crippen LogP contribution in [0.2, 0.25) is 0 Å². The summed E-state index contributed by atoms with van der Waals surface area (Å²) >= 11 is 0. The number of nitrogens with zero attached hydrogens (tertiary/aromatic N) is 1. The van der Waals surface area contributed by atoms with Gasteiger partial charge in [0, 0.05) is 0 Å². The Kier molecular flexibility index (Phi) is 6.19. The van der Waals surface area contributed by atoms with Gasteiger partial charge >= 0.3 is 0 Å². The number of nitrogens with one attached hydrogen (secondary N) is 1. The number of carbonyl (C=O) groups is 1. The van der Waals surface area contributed by atoms with Crippen LogP contribution in [0.15, 0.2) is 47.6 Å². The number of hydrogen-bond acceptors (Lipinski definition) is 3. The number of rotatable bonds is 5. The second kappa shape index (κ2) is 8.17. The first-order valence-corrected chi connectivity index (χ1v) is 8.81. The van der Waals surface area contributed by atoms with E-state index in [1.54, 1.807) is 0 Å². The summed E-state index contributed by atoms with van der Waals surface area (Å²) in [5.41, 5.74) is 7.77. The fourth-order valence-corrected chi connectivity index (χ4v) is 2.46. The fraction of sp³-hybridized carbons (Fsp3) is 0.364. The van der Waals surface area contributed by atoms with Gasteiger partial charge in [-0.2, -0.15) is 5.10 Å². The Morgan fingerprint density at radius 2 is 1.73 bits per heavy atom. The van der Waals surface area contributed by atoms with Crippen LogP contribution in [-0.2, 0) is 10.2 Å². The molecule has 1 amide bonds. The van der Waals surface area contributed by atoms with Crippen molar-refractivity contribution in [2.24, 2.45) is 5.10 Å². The molecule has 0 radical (unpaired) electrons. The molecule has 0 spiro atoms. The maximum Gasteiger partial charge on any atom is 0.277 e. The summed E-state index contributed by atoms with van der Waals surface area (Å²) in [6.07, 6.45) is 0. The lowest BCUT2D eigenvalue weighted by Gasteiger charge is -2.19. The van der Waals surface area contributed by atoms with Crippen LogP contribution in [0, 0.1) is 13.8 Å². The van der Waals surface area contributed by atoms with E-state index in [4.69, 9.17) is 4.74 Å². The molecule has 0 saturated carbocycles. The average Bonchev–Trinajstić information content (AvgIpc) is 2.59. The highest BCUT2D eigenvalue weighted by Crippen LogP contribution is 2.22. The molecule has 0 aliphatic rings. The van der Waals surface area contributed by atoms with Crippen LogP contribution >= 0.6 is 0 Å². The highest BCUT2D eigenvalue weighted by Gasteiger charge is 2.13. The molecule has 2 rings (SSSR count). The number of amides is 1. The van der Waals surface area contributed by atoms with Crippen LogP contribution in [0.1, 0.15) is 49.9 Å². The van der Waals surface area contributed by atoms with Gasteiger partial charge in [-0.3, -0.25) is 4.79 Å². The zero-order valence-electron chi connectivity index (χ0n) is 16.5. The van der Waals surface area contributed by atoms with Crippen molar-refractivity contribution in [2.45, 2.75) is 47.0 Å². The molecule has 0 aliphatic heterocycles. The summed E-state index contributed by atoms with van der Waals surface area (Å²) in [5.74, 6) is 0.440. The largest absolute Gasteiger partial charge is 0.483 e. The minimum Gasteiger partial charge on any atom is -0.483 e. The quantitative estimate of drug-likeness (QED) is 0.635. The Morgan fingerprint density at radius 3 is 2.35 bits per heavy atom. The van der Waals surface area contributed by atoms with Gasteiger partial charge in [-0.05, 0) is 54.5 Å². The molecule has 0 aliphatic carbocycles. The molecule has 0 heterocycles. The molecule has 0 aromatic heterocycles. The van der Waals surface area contributed by atoms with Gasteiger partial charge in [0.15, 0.2) is 6.61 Å². The van der Waals surface area contributed by atoms with E-state index >= 15 is 0 Å². The molecule has 2 aromatic rings. The Hall–Kier alpha value is -2.62. The van der Waals surface area contributed by atoms with Gasteiger partial charge in [0.2, 0.25) is 0 Å². The van der Waals surface area contributed by atoms with E-state index in [1.165, 1.54) is 5.56 Å². The summed E-state index contributed by atoms with van der Waals surface area (Å²) < 4.78 is 5.59. The number of carbonyl (C=O) groups excluding carboxylic acids is 1. The molecule has 0 atom stereocenters. The predicted octanol–water partition coefficient (Wildman–Crippen LogP) is 4.52. The van der Waals surface area contributed by atoms with Crippen molar-refractivity contribution < 1.29 is 9.53 Å².